The van der Waals surface area contributed by atoms with E-state index < -0.39 is 0 Å². The van der Waals surface area contributed by atoms with Gasteiger partial charge in [-0.05, 0) is 6.42 Å². The lowest BCUT2D eigenvalue weighted by molar-refractivity contribution is 0.746. The molecule has 0 bridgehead atoms. The van der Waals surface area contributed by atoms with Gasteiger partial charge in [0.15, 0.2) is 0 Å². The summed E-state index contributed by atoms with van der Waals surface area (Å²) in [7, 11) is 3.78. The Kier molecular flexibility index (Phi) is 4.22. The Labute approximate surface area is 119 Å². The van der Waals surface area contributed by atoms with Crippen LogP contribution in [0.5, 0.6) is 0 Å². The van der Waals surface area contributed by atoms with Gasteiger partial charge in [0.05, 0.1) is 11.4 Å². The van der Waals surface area contributed by atoms with Crippen LogP contribution in [0.3, 0.4) is 0 Å². The Balaban J connectivity index is 2.34. The van der Waals surface area contributed by atoms with E-state index in [-0.39, 0.29) is 5.92 Å². The van der Waals surface area contributed by atoms with Crippen molar-refractivity contribution in [2.45, 2.75) is 33.1 Å². The summed E-state index contributed by atoms with van der Waals surface area (Å²) in [6.45, 7) is 6.26. The van der Waals surface area contributed by atoms with E-state index in [0.717, 1.165) is 35.3 Å². The van der Waals surface area contributed by atoms with E-state index in [2.05, 4.69) is 46.5 Å². The van der Waals surface area contributed by atoms with Gasteiger partial charge >= 0.3 is 0 Å². The number of anilines is 3. The van der Waals surface area contributed by atoms with Crippen LogP contribution < -0.4 is 10.6 Å². The van der Waals surface area contributed by atoms with Gasteiger partial charge in [-0.3, -0.25) is 4.68 Å². The molecule has 0 aliphatic carbocycles. The molecule has 0 amide bonds. The van der Waals surface area contributed by atoms with E-state index in [4.69, 9.17) is 0 Å². The average molecular weight is 274 g/mol. The first-order valence-electron chi connectivity index (χ1n) is 6.89. The predicted octanol–water partition coefficient (Wildman–Crippen LogP) is 2.68. The number of hydrogen-bond acceptors (Lipinski definition) is 5. The van der Waals surface area contributed by atoms with Crippen molar-refractivity contribution in [1.29, 1.82) is 0 Å². The summed E-state index contributed by atoms with van der Waals surface area (Å²) in [5.41, 5.74) is 2.02. The maximum Gasteiger partial charge on any atom is 0.136 e. The summed E-state index contributed by atoms with van der Waals surface area (Å²) in [6, 6.07) is 1.90. The topological polar surface area (TPSA) is 67.7 Å². The van der Waals surface area contributed by atoms with Crippen LogP contribution in [0.25, 0.3) is 0 Å². The monoisotopic (exact) mass is 274 g/mol. The fraction of sp³-hybridized carbons (Fsp3) is 0.500. The molecule has 108 valence electrons. The Morgan fingerprint density at radius 3 is 2.55 bits per heavy atom. The van der Waals surface area contributed by atoms with E-state index in [1.54, 1.807) is 0 Å². The highest BCUT2D eigenvalue weighted by Gasteiger charge is 2.10. The minimum Gasteiger partial charge on any atom is -0.373 e. The lowest BCUT2D eigenvalue weighted by atomic mass is 10.2. The summed E-state index contributed by atoms with van der Waals surface area (Å²) >= 11 is 0. The molecular weight excluding hydrogens is 252 g/mol. The number of nitrogens with zero attached hydrogens (tertiary/aromatic N) is 4. The van der Waals surface area contributed by atoms with Crippen molar-refractivity contribution >= 4 is 17.3 Å². The highest BCUT2D eigenvalue weighted by atomic mass is 15.3. The fourth-order valence-corrected chi connectivity index (χ4v) is 1.95. The van der Waals surface area contributed by atoms with Gasteiger partial charge in [0.2, 0.25) is 0 Å². The normalized spacial score (nSPS) is 10.9. The maximum atomic E-state index is 4.56. The van der Waals surface area contributed by atoms with Crippen molar-refractivity contribution < 1.29 is 0 Å². The zero-order chi connectivity index (χ0) is 14.7. The molecule has 0 radical (unpaired) electrons. The van der Waals surface area contributed by atoms with Crippen LogP contribution in [-0.2, 0) is 13.5 Å². The first-order chi connectivity index (χ1) is 9.53. The number of aryl methyl sites for hydroxylation is 2. The molecule has 0 aromatic carbocycles. The van der Waals surface area contributed by atoms with Gasteiger partial charge in [0.1, 0.15) is 17.5 Å². The third kappa shape index (κ3) is 3.07. The summed E-state index contributed by atoms with van der Waals surface area (Å²) < 4.78 is 1.81. The van der Waals surface area contributed by atoms with E-state index >= 15 is 0 Å². The van der Waals surface area contributed by atoms with Crippen LogP contribution in [0.2, 0.25) is 0 Å². The van der Waals surface area contributed by atoms with E-state index in [1.807, 2.05) is 31.0 Å². The first kappa shape index (κ1) is 14.3. The van der Waals surface area contributed by atoms with Crippen molar-refractivity contribution in [3.05, 3.63) is 23.8 Å². The largest absolute Gasteiger partial charge is 0.373 e. The Morgan fingerprint density at radius 1 is 1.25 bits per heavy atom. The van der Waals surface area contributed by atoms with E-state index in [1.165, 1.54) is 0 Å². The molecule has 0 unspecified atom stereocenters. The van der Waals surface area contributed by atoms with Crippen molar-refractivity contribution in [3.8, 4) is 0 Å². The van der Waals surface area contributed by atoms with Crippen molar-refractivity contribution in [1.82, 2.24) is 19.7 Å². The molecule has 0 aliphatic heterocycles. The van der Waals surface area contributed by atoms with E-state index in [9.17, 15) is 0 Å². The molecule has 0 aliphatic rings. The van der Waals surface area contributed by atoms with Gasteiger partial charge in [-0.1, -0.05) is 20.8 Å². The van der Waals surface area contributed by atoms with Crippen molar-refractivity contribution in [2.24, 2.45) is 7.05 Å². The minimum absolute atomic E-state index is 0.281. The first-order valence-corrected chi connectivity index (χ1v) is 6.89. The SMILES string of the molecule is CCc1nn(C)cc1Nc1cc(NC)nc(C(C)C)n1. The van der Waals surface area contributed by atoms with Crippen LogP contribution >= 0.6 is 0 Å². The van der Waals surface area contributed by atoms with Crippen LogP contribution in [0.4, 0.5) is 17.3 Å². The molecule has 2 heterocycles. The highest BCUT2D eigenvalue weighted by Crippen LogP contribution is 2.22. The summed E-state index contributed by atoms with van der Waals surface area (Å²) in [5, 5.41) is 10.8. The molecule has 2 N–H and O–H groups in total. The standard InChI is InChI=1S/C14H22N6/c1-6-10-11(8-20(5)19-10)16-13-7-12(15-4)17-14(18-13)9(2)3/h7-9H,6H2,1-5H3,(H2,15,16,17,18). The molecule has 0 fully saturated rings. The molecule has 2 aromatic rings. The second-order valence-electron chi connectivity index (χ2n) is 5.04. The molecule has 2 aromatic heterocycles. The third-order valence-corrected chi connectivity index (χ3v) is 3.02. The molecule has 6 heteroatoms. The van der Waals surface area contributed by atoms with Gasteiger partial charge in [0.25, 0.3) is 0 Å². The number of hydrogen-bond donors (Lipinski definition) is 2. The zero-order valence-corrected chi connectivity index (χ0v) is 12.7. The summed E-state index contributed by atoms with van der Waals surface area (Å²) in [6.07, 6.45) is 2.85. The quantitative estimate of drug-likeness (QED) is 0.877. The second-order valence-corrected chi connectivity index (χ2v) is 5.04. The lowest BCUT2D eigenvalue weighted by Crippen LogP contribution is -2.05. The van der Waals surface area contributed by atoms with Gasteiger partial charge < -0.3 is 10.6 Å². The van der Waals surface area contributed by atoms with Crippen molar-refractivity contribution in [3.63, 3.8) is 0 Å². The zero-order valence-electron chi connectivity index (χ0n) is 12.7. The van der Waals surface area contributed by atoms with Gasteiger partial charge in [-0.25, -0.2) is 9.97 Å². The summed E-state index contributed by atoms with van der Waals surface area (Å²) in [5.74, 6) is 2.70. The Morgan fingerprint density at radius 2 is 1.95 bits per heavy atom. The number of nitrogens with one attached hydrogen (secondary N) is 2. The van der Waals surface area contributed by atoms with Crippen LogP contribution in [0.1, 0.15) is 38.2 Å². The molecule has 0 spiro atoms. The number of rotatable bonds is 5. The van der Waals surface area contributed by atoms with Gasteiger partial charge in [-0.15, -0.1) is 0 Å². The number of aromatic nitrogens is 4. The molecular formula is C14H22N6. The van der Waals surface area contributed by atoms with Gasteiger partial charge in [-0.2, -0.15) is 5.10 Å². The lowest BCUT2D eigenvalue weighted by Gasteiger charge is -2.11. The molecule has 2 rings (SSSR count). The molecule has 0 saturated heterocycles. The van der Waals surface area contributed by atoms with Crippen LogP contribution in [-0.4, -0.2) is 26.8 Å². The summed E-state index contributed by atoms with van der Waals surface area (Å²) in [4.78, 5) is 9.02. The van der Waals surface area contributed by atoms with Gasteiger partial charge in [0, 0.05) is 32.3 Å². The molecule has 0 atom stereocenters. The smallest absolute Gasteiger partial charge is 0.136 e. The molecule has 0 saturated carbocycles. The van der Waals surface area contributed by atoms with Crippen LogP contribution in [0.15, 0.2) is 12.3 Å². The minimum atomic E-state index is 0.281. The molecule has 20 heavy (non-hydrogen) atoms. The average Bonchev–Trinajstić information content (AvgIpc) is 2.78. The van der Waals surface area contributed by atoms with E-state index in [0.29, 0.717) is 0 Å². The second kappa shape index (κ2) is 5.90. The Bertz CT molecular complexity index is 587. The maximum absolute atomic E-state index is 4.56. The highest BCUT2D eigenvalue weighted by molar-refractivity contribution is 5.60. The predicted molar refractivity (Wildman–Crippen MR) is 81.5 cm³/mol. The molecule has 6 nitrogen and oxygen atoms in total. The fourth-order valence-electron chi connectivity index (χ4n) is 1.95. The van der Waals surface area contributed by atoms with Crippen molar-refractivity contribution in [2.75, 3.05) is 17.7 Å². The van der Waals surface area contributed by atoms with Crippen LogP contribution in [0, 0.1) is 0 Å². The third-order valence-electron chi connectivity index (χ3n) is 3.02. The Hall–Kier alpha value is -2.11.